The molecule has 0 N–H and O–H groups in total. The van der Waals surface area contributed by atoms with Gasteiger partial charge < -0.3 is 0 Å². The van der Waals surface area contributed by atoms with Gasteiger partial charge in [0.15, 0.2) is 0 Å². The summed E-state index contributed by atoms with van der Waals surface area (Å²) in [6.07, 6.45) is 1.85. The maximum atomic E-state index is 3.71. The molecule has 0 nitrogen and oxygen atoms in total. The van der Waals surface area contributed by atoms with Crippen LogP contribution in [0.2, 0.25) is 0 Å². The zero-order valence-electron chi connectivity index (χ0n) is 6.23. The molecule has 0 amide bonds. The fourth-order valence-electron chi connectivity index (χ4n) is 0.661. The summed E-state index contributed by atoms with van der Waals surface area (Å²) < 4.78 is 0. The van der Waals surface area contributed by atoms with Crippen molar-refractivity contribution >= 4 is 17.4 Å². The van der Waals surface area contributed by atoms with Crippen molar-refractivity contribution in [3.8, 4) is 0 Å². The van der Waals surface area contributed by atoms with Crippen LogP contribution < -0.4 is 0 Å². The summed E-state index contributed by atoms with van der Waals surface area (Å²) in [6.45, 7) is 3.71. The van der Waals surface area contributed by atoms with Crippen LogP contribution in [0.4, 0.5) is 0 Å². The van der Waals surface area contributed by atoms with Crippen LogP contribution in [-0.4, -0.2) is 0 Å². The first-order valence-corrected chi connectivity index (χ1v) is 4.31. The second kappa shape index (κ2) is 4.69. The molecule has 0 unspecified atom stereocenters. The molecule has 0 spiro atoms. The summed E-state index contributed by atoms with van der Waals surface area (Å²) in [5.41, 5.74) is 0. The Balaban J connectivity index is 3.16. The molecule has 1 rings (SSSR count). The molecule has 0 radical (unpaired) electrons. The van der Waals surface area contributed by atoms with Crippen molar-refractivity contribution < 1.29 is 0 Å². The Labute approximate surface area is 71.2 Å². The van der Waals surface area contributed by atoms with Gasteiger partial charge in [0.25, 0.3) is 0 Å². The standard InChI is InChI=1S/C10H10S/c1-2-10-8-6-4-3-5-7-9-11-10/h2-9H,1H2. The summed E-state index contributed by atoms with van der Waals surface area (Å²) in [5.74, 6) is 0. The first kappa shape index (κ1) is 8.02. The number of rotatable bonds is 1. The third kappa shape index (κ3) is 3.01. The second-order valence-corrected chi connectivity index (χ2v) is 2.97. The largest absolute Gasteiger partial charge is 0.145 e. The van der Waals surface area contributed by atoms with Crippen molar-refractivity contribution in [3.05, 3.63) is 53.2 Å². The van der Waals surface area contributed by atoms with Gasteiger partial charge in [0.05, 0.1) is 0 Å². The lowest BCUT2D eigenvalue weighted by atomic mass is 10.4. The van der Waals surface area contributed by atoms with Gasteiger partial charge in [0.2, 0.25) is 0 Å². The van der Waals surface area contributed by atoms with Gasteiger partial charge in [-0.15, -0.1) is 11.3 Å². The summed E-state index contributed by atoms with van der Waals surface area (Å²) in [5, 5.41) is 2.04. The van der Waals surface area contributed by atoms with E-state index < -0.39 is 0 Å². The van der Waals surface area contributed by atoms with Crippen LogP contribution in [0.15, 0.2) is 48.4 Å². The van der Waals surface area contributed by atoms with Crippen molar-refractivity contribution in [1.29, 1.82) is 0 Å². The van der Waals surface area contributed by atoms with E-state index in [0.29, 0.717) is 0 Å². The summed E-state index contributed by atoms with van der Waals surface area (Å²) in [7, 11) is 0. The molecular formula is C10H10S. The molecule has 0 fully saturated rings. The van der Waals surface area contributed by atoms with Crippen molar-refractivity contribution in [1.82, 2.24) is 0 Å². The Morgan fingerprint density at radius 1 is 1.09 bits per heavy atom. The number of hydrogen-bond acceptors (Lipinski definition) is 1. The SMILES string of the molecule is C=Cc1cccccccs1. The molecule has 0 aliphatic carbocycles. The summed E-state index contributed by atoms with van der Waals surface area (Å²) in [6, 6.07) is 12.1. The molecule has 1 aromatic heterocycles. The Morgan fingerprint density at radius 2 is 1.82 bits per heavy atom. The average molecular weight is 162 g/mol. The highest BCUT2D eigenvalue weighted by Crippen LogP contribution is 2.03. The summed E-state index contributed by atoms with van der Waals surface area (Å²) >= 11 is 1.67. The smallest absolute Gasteiger partial charge is 0.0264 e. The molecule has 0 saturated heterocycles. The highest BCUT2D eigenvalue weighted by molar-refractivity contribution is 7.10. The van der Waals surface area contributed by atoms with E-state index in [1.807, 2.05) is 47.9 Å². The Kier molecular flexibility index (Phi) is 3.42. The monoisotopic (exact) mass is 162 g/mol. The fourth-order valence-corrected chi connectivity index (χ4v) is 1.24. The van der Waals surface area contributed by atoms with Crippen LogP contribution in [0.25, 0.3) is 6.08 Å². The zero-order chi connectivity index (χ0) is 7.94. The predicted octanol–water partition coefficient (Wildman–Crippen LogP) is 3.52. The van der Waals surface area contributed by atoms with E-state index >= 15 is 0 Å². The average Bonchev–Trinajstić information content (AvgIpc) is 2.16. The van der Waals surface area contributed by atoms with Crippen LogP contribution >= 0.6 is 11.3 Å². The van der Waals surface area contributed by atoms with Gasteiger partial charge in [-0.3, -0.25) is 0 Å². The zero-order valence-corrected chi connectivity index (χ0v) is 7.05. The third-order valence-corrected chi connectivity index (χ3v) is 2.06. The van der Waals surface area contributed by atoms with E-state index in [9.17, 15) is 0 Å². The predicted molar refractivity (Wildman–Crippen MR) is 52.0 cm³/mol. The molecule has 1 aromatic rings. The van der Waals surface area contributed by atoms with Crippen LogP contribution in [0.1, 0.15) is 4.88 Å². The van der Waals surface area contributed by atoms with Crippen molar-refractivity contribution in [2.75, 3.05) is 0 Å². The quantitative estimate of drug-likeness (QED) is 0.592. The van der Waals surface area contributed by atoms with E-state index in [-0.39, 0.29) is 0 Å². The minimum Gasteiger partial charge on any atom is -0.145 e. The van der Waals surface area contributed by atoms with Gasteiger partial charge in [-0.25, -0.2) is 0 Å². The van der Waals surface area contributed by atoms with Crippen molar-refractivity contribution in [2.45, 2.75) is 0 Å². The van der Waals surface area contributed by atoms with Gasteiger partial charge >= 0.3 is 0 Å². The molecule has 11 heavy (non-hydrogen) atoms. The van der Waals surface area contributed by atoms with E-state index in [4.69, 9.17) is 0 Å². The first-order valence-electron chi connectivity index (χ1n) is 3.43. The van der Waals surface area contributed by atoms with Gasteiger partial charge in [0.1, 0.15) is 0 Å². The lowest BCUT2D eigenvalue weighted by Gasteiger charge is -1.79. The lowest BCUT2D eigenvalue weighted by molar-refractivity contribution is 1.80. The van der Waals surface area contributed by atoms with Gasteiger partial charge in [-0.2, -0.15) is 0 Å². The molecule has 1 heteroatoms. The highest BCUT2D eigenvalue weighted by Gasteiger charge is 1.74. The maximum absolute atomic E-state index is 3.71. The topological polar surface area (TPSA) is 0 Å². The van der Waals surface area contributed by atoms with E-state index in [0.717, 1.165) is 0 Å². The molecule has 0 atom stereocenters. The maximum Gasteiger partial charge on any atom is 0.0264 e. The Bertz CT molecular complexity index is 248. The highest BCUT2D eigenvalue weighted by atomic mass is 32.1. The van der Waals surface area contributed by atoms with E-state index in [1.165, 1.54) is 4.88 Å². The molecule has 56 valence electrons. The Morgan fingerprint density at radius 3 is 2.64 bits per heavy atom. The van der Waals surface area contributed by atoms with Crippen LogP contribution in [0.5, 0.6) is 0 Å². The van der Waals surface area contributed by atoms with Gasteiger partial charge in [-0.05, 0) is 11.4 Å². The van der Waals surface area contributed by atoms with Crippen LogP contribution in [0.3, 0.4) is 0 Å². The first-order chi connectivity index (χ1) is 5.43. The number of hydrogen-bond donors (Lipinski definition) is 0. The molecule has 0 aromatic carbocycles. The van der Waals surface area contributed by atoms with E-state index in [1.54, 1.807) is 11.3 Å². The molecule has 0 bridgehead atoms. The second-order valence-electron chi connectivity index (χ2n) is 1.99. The van der Waals surface area contributed by atoms with Crippen LogP contribution in [-0.2, 0) is 0 Å². The Hall–Kier alpha value is -1.08. The van der Waals surface area contributed by atoms with Crippen molar-refractivity contribution in [2.24, 2.45) is 0 Å². The molecule has 0 aliphatic heterocycles. The molecule has 0 saturated carbocycles. The molecule has 0 aliphatic rings. The minimum absolute atomic E-state index is 1.17. The van der Waals surface area contributed by atoms with Crippen LogP contribution in [0, 0.1) is 0 Å². The minimum atomic E-state index is 1.17. The fraction of sp³-hybridized carbons (Fsp3) is 0. The summed E-state index contributed by atoms with van der Waals surface area (Å²) in [4.78, 5) is 1.17. The van der Waals surface area contributed by atoms with Gasteiger partial charge in [0, 0.05) is 4.88 Å². The van der Waals surface area contributed by atoms with Gasteiger partial charge in [-0.1, -0.05) is 43.0 Å². The van der Waals surface area contributed by atoms with Crippen molar-refractivity contribution in [3.63, 3.8) is 0 Å². The third-order valence-electron chi connectivity index (χ3n) is 1.19. The molecule has 1 heterocycles. The van der Waals surface area contributed by atoms with E-state index in [2.05, 4.69) is 6.58 Å². The molecular weight excluding hydrogens is 152 g/mol. The normalized spacial score (nSPS) is 8.36. The lowest BCUT2D eigenvalue weighted by Crippen LogP contribution is -1.53.